The number of benzene rings is 1. The Balaban J connectivity index is 3.14. The van der Waals surface area contributed by atoms with E-state index in [0.29, 0.717) is 6.42 Å². The van der Waals surface area contributed by atoms with Gasteiger partial charge in [0.2, 0.25) is 0 Å². The van der Waals surface area contributed by atoms with Crippen LogP contribution in [0.4, 0.5) is 0 Å². The van der Waals surface area contributed by atoms with Crippen molar-refractivity contribution in [3.05, 3.63) is 30.3 Å². The van der Waals surface area contributed by atoms with Gasteiger partial charge in [0.05, 0.1) is 0 Å². The maximum atomic E-state index is 12.2. The zero-order valence-electron chi connectivity index (χ0n) is 12.0. The van der Waals surface area contributed by atoms with E-state index in [-0.39, 0.29) is 15.0 Å². The third-order valence-electron chi connectivity index (χ3n) is 2.95. The van der Waals surface area contributed by atoms with Crippen LogP contribution in [0.3, 0.4) is 0 Å². The molecule has 0 saturated heterocycles. The van der Waals surface area contributed by atoms with Gasteiger partial charge in [0.15, 0.2) is 0 Å². The fourth-order valence-electron chi connectivity index (χ4n) is 1.87. The van der Waals surface area contributed by atoms with Gasteiger partial charge in [0, 0.05) is 0 Å². The predicted octanol–water partition coefficient (Wildman–Crippen LogP) is 1.71. The quantitative estimate of drug-likeness (QED) is 0.430. The molecule has 0 aliphatic carbocycles. The molecule has 20 heavy (non-hydrogen) atoms. The van der Waals surface area contributed by atoms with Crippen molar-refractivity contribution in [3.8, 4) is 0 Å². The molecule has 0 bridgehead atoms. The second-order valence-electron chi connectivity index (χ2n) is 4.33. The van der Waals surface area contributed by atoms with Crippen molar-refractivity contribution in [2.45, 2.75) is 30.5 Å². The Hall–Kier alpha value is -1.32. The van der Waals surface area contributed by atoms with Gasteiger partial charge in [-0.1, -0.05) is 0 Å². The van der Waals surface area contributed by atoms with E-state index in [1.807, 2.05) is 37.3 Å². The molecule has 0 saturated carbocycles. The fourth-order valence-corrected chi connectivity index (χ4v) is 4.54. The Labute approximate surface area is 126 Å². The van der Waals surface area contributed by atoms with Gasteiger partial charge in [0.25, 0.3) is 0 Å². The van der Waals surface area contributed by atoms with Crippen LogP contribution in [0.15, 0.2) is 30.3 Å². The van der Waals surface area contributed by atoms with E-state index < -0.39 is 16.3 Å². The number of hydrogen-bond acceptors (Lipinski definition) is 4. The van der Waals surface area contributed by atoms with Gasteiger partial charge in [-0.25, -0.2) is 0 Å². The van der Waals surface area contributed by atoms with Crippen molar-refractivity contribution >= 4 is 31.4 Å². The van der Waals surface area contributed by atoms with E-state index >= 15 is 0 Å². The Kier molecular flexibility index (Phi) is 6.76. The number of hydrogen-bond donors (Lipinski definition) is 0. The second-order valence-corrected chi connectivity index (χ2v) is 7.21. The van der Waals surface area contributed by atoms with Crippen molar-refractivity contribution in [1.82, 2.24) is 0 Å². The Morgan fingerprint density at radius 3 is 2.10 bits per heavy atom. The molecule has 0 atom stereocenters. The van der Waals surface area contributed by atoms with Crippen LogP contribution in [0.5, 0.6) is 0 Å². The first-order valence-electron chi connectivity index (χ1n) is 6.51. The normalized spacial score (nSPS) is 10.9. The average Bonchev–Trinajstić information content (AvgIpc) is 2.50. The van der Waals surface area contributed by atoms with E-state index in [1.165, 1.54) is 14.2 Å². The summed E-state index contributed by atoms with van der Waals surface area (Å²) in [6, 6.07) is 9.55. The molecule has 0 heterocycles. The summed E-state index contributed by atoms with van der Waals surface area (Å²) < 4.78 is 9.56. The second kappa shape index (κ2) is 8.08. The van der Waals surface area contributed by atoms with Crippen LogP contribution in [-0.2, 0) is 19.1 Å². The first kappa shape index (κ1) is 16.7. The van der Waals surface area contributed by atoms with Crippen LogP contribution in [-0.4, -0.2) is 41.1 Å². The van der Waals surface area contributed by atoms with Crippen molar-refractivity contribution in [3.63, 3.8) is 0 Å². The predicted molar refractivity (Wildman–Crippen MR) is 78.1 cm³/mol. The number of unbranched alkanes of at least 4 members (excludes halogenated alkanes) is 1. The summed E-state index contributed by atoms with van der Waals surface area (Å²) in [6.07, 6.45) is 2.14. The molecule has 0 radical (unpaired) electrons. The Bertz CT molecular complexity index is 428. The van der Waals surface area contributed by atoms with E-state index in [9.17, 15) is 9.59 Å². The van der Waals surface area contributed by atoms with Crippen molar-refractivity contribution in [1.29, 1.82) is 0 Å². The Morgan fingerprint density at radius 2 is 1.65 bits per heavy atom. The molecule has 0 aliphatic rings. The molecule has 1 rings (SSSR count). The van der Waals surface area contributed by atoms with E-state index in [2.05, 4.69) is 0 Å². The number of carbonyl (C=O) groups excluding carboxylic acids is 2. The van der Waals surface area contributed by atoms with Crippen LogP contribution in [0.25, 0.3) is 0 Å². The van der Waals surface area contributed by atoms with Gasteiger partial charge in [-0.2, -0.15) is 0 Å². The van der Waals surface area contributed by atoms with Crippen LogP contribution in [0, 0.1) is 0 Å². The summed E-state index contributed by atoms with van der Waals surface area (Å²) in [7, 11) is 2.63. The summed E-state index contributed by atoms with van der Waals surface area (Å²) in [5, 5.41) is 0. The number of ether oxygens (including phenoxy) is 2. The number of esters is 2. The summed E-state index contributed by atoms with van der Waals surface area (Å²) in [4.78, 5) is 24.5. The van der Waals surface area contributed by atoms with Gasteiger partial charge in [0.1, 0.15) is 0 Å². The molecule has 4 nitrogen and oxygen atoms in total. The van der Waals surface area contributed by atoms with E-state index in [0.717, 1.165) is 17.3 Å². The standard InChI is InChI=1S/C15H20O4Se/c1-4-5-11-15(13(16)18-2,14(17)19-3)20-12-9-7-6-8-10-12/h6-10H,4-5,11H2,1-3H3. The summed E-state index contributed by atoms with van der Waals surface area (Å²) >= 11 is -0.371. The molecule has 1 aromatic carbocycles. The first-order valence-corrected chi connectivity index (χ1v) is 8.23. The minimum atomic E-state index is -1.19. The van der Waals surface area contributed by atoms with Gasteiger partial charge in [-0.05, 0) is 0 Å². The average molecular weight is 343 g/mol. The third kappa shape index (κ3) is 3.84. The van der Waals surface area contributed by atoms with Crippen molar-refractivity contribution in [2.24, 2.45) is 0 Å². The van der Waals surface area contributed by atoms with Gasteiger partial charge in [-0.15, -0.1) is 0 Å². The van der Waals surface area contributed by atoms with Crippen molar-refractivity contribution in [2.75, 3.05) is 14.2 Å². The zero-order chi connectivity index (χ0) is 15.0. The molecule has 0 aromatic heterocycles. The number of rotatable bonds is 7. The van der Waals surface area contributed by atoms with E-state index in [1.54, 1.807) is 0 Å². The van der Waals surface area contributed by atoms with Gasteiger partial charge >= 0.3 is 125 Å². The van der Waals surface area contributed by atoms with E-state index in [4.69, 9.17) is 9.47 Å². The molecular formula is C15H20O4Se. The zero-order valence-corrected chi connectivity index (χ0v) is 13.8. The van der Waals surface area contributed by atoms with Gasteiger partial charge < -0.3 is 0 Å². The van der Waals surface area contributed by atoms with Crippen LogP contribution < -0.4 is 4.46 Å². The number of carbonyl (C=O) groups is 2. The van der Waals surface area contributed by atoms with Gasteiger partial charge in [-0.3, -0.25) is 0 Å². The van der Waals surface area contributed by atoms with Crippen LogP contribution in [0.1, 0.15) is 26.2 Å². The topological polar surface area (TPSA) is 52.6 Å². The molecule has 0 fully saturated rings. The monoisotopic (exact) mass is 344 g/mol. The summed E-state index contributed by atoms with van der Waals surface area (Å²) in [6.45, 7) is 2.02. The summed E-state index contributed by atoms with van der Waals surface area (Å²) in [5.74, 6) is -0.997. The van der Waals surface area contributed by atoms with Crippen LogP contribution in [0.2, 0.25) is 4.31 Å². The molecule has 0 spiro atoms. The SMILES string of the molecule is CCCCC([Se]c1ccccc1)(C(=O)OC)C(=O)OC. The summed E-state index contributed by atoms with van der Waals surface area (Å²) in [5.41, 5.74) is 0. The van der Waals surface area contributed by atoms with Crippen LogP contribution >= 0.6 is 0 Å². The molecular weight excluding hydrogens is 323 g/mol. The first-order chi connectivity index (χ1) is 9.60. The Morgan fingerprint density at radius 1 is 1.10 bits per heavy atom. The molecule has 0 unspecified atom stereocenters. The maximum absolute atomic E-state index is 12.2. The molecule has 5 heteroatoms. The molecule has 0 N–H and O–H groups in total. The molecule has 1 aromatic rings. The van der Waals surface area contributed by atoms with Crippen molar-refractivity contribution < 1.29 is 19.1 Å². The fraction of sp³-hybridized carbons (Fsp3) is 0.467. The number of methoxy groups -OCH3 is 2. The minimum absolute atomic E-state index is 0.371. The third-order valence-corrected chi connectivity index (χ3v) is 5.87. The molecule has 0 aliphatic heterocycles. The molecule has 0 amide bonds. The molecule has 110 valence electrons.